The molecule has 0 unspecified atom stereocenters. The molecule has 2 amide bonds. The first kappa shape index (κ1) is 17.5. The van der Waals surface area contributed by atoms with Crippen LogP contribution in [-0.4, -0.2) is 32.6 Å². The molecule has 10 heteroatoms. The fraction of sp³-hybridized carbons (Fsp3) is 0.125. The van der Waals surface area contributed by atoms with E-state index in [1.165, 1.54) is 23.2 Å². The summed E-state index contributed by atoms with van der Waals surface area (Å²) < 4.78 is 0. The number of hydrazone groups is 1. The summed E-state index contributed by atoms with van der Waals surface area (Å²) in [5, 5.41) is 15.3. The molecule has 2 heterocycles. The molecule has 2 aromatic rings. The zero-order chi connectivity index (χ0) is 18.7. The molecule has 0 atom stereocenters. The third-order valence-corrected chi connectivity index (χ3v) is 4.51. The van der Waals surface area contributed by atoms with E-state index in [1.54, 1.807) is 31.3 Å². The lowest BCUT2D eigenvalue weighted by Gasteiger charge is -2.18. The van der Waals surface area contributed by atoms with Gasteiger partial charge in [-0.25, -0.2) is 5.43 Å². The molecule has 0 aliphatic carbocycles. The van der Waals surface area contributed by atoms with Crippen LogP contribution in [0, 0.1) is 17.0 Å². The Balaban J connectivity index is 1.89. The van der Waals surface area contributed by atoms with E-state index in [0.717, 1.165) is 11.8 Å². The maximum Gasteiger partial charge on any atom is 0.273 e. The van der Waals surface area contributed by atoms with E-state index in [-0.39, 0.29) is 22.5 Å². The fourth-order valence-corrected chi connectivity index (χ4v) is 3.12. The van der Waals surface area contributed by atoms with E-state index in [4.69, 9.17) is 0 Å². The summed E-state index contributed by atoms with van der Waals surface area (Å²) in [6.45, 7) is 1.74. The summed E-state index contributed by atoms with van der Waals surface area (Å²) in [5.74, 6) is -0.613. The number of carbonyl (C=O) groups is 2. The second kappa shape index (κ2) is 7.31. The molecular weight excluding hydrogens is 358 g/mol. The Morgan fingerprint density at radius 1 is 1.42 bits per heavy atom. The van der Waals surface area contributed by atoms with Crippen LogP contribution >= 0.6 is 11.8 Å². The Hall–Kier alpha value is -3.27. The quantitative estimate of drug-likeness (QED) is 0.649. The van der Waals surface area contributed by atoms with Gasteiger partial charge in [-0.2, -0.15) is 0 Å². The van der Waals surface area contributed by atoms with E-state index in [0.29, 0.717) is 16.8 Å². The second-order valence-electron chi connectivity index (χ2n) is 5.32. The third-order valence-electron chi connectivity index (χ3n) is 3.59. The lowest BCUT2D eigenvalue weighted by Crippen LogP contribution is -2.32. The van der Waals surface area contributed by atoms with Crippen molar-refractivity contribution in [2.45, 2.75) is 6.92 Å². The average molecular weight is 371 g/mol. The molecule has 1 N–H and O–H groups in total. The number of carbonyl (C=O) groups excluding carboxylic acids is 2. The van der Waals surface area contributed by atoms with Gasteiger partial charge in [0.2, 0.25) is 5.91 Å². The van der Waals surface area contributed by atoms with Crippen molar-refractivity contribution in [3.8, 4) is 0 Å². The highest BCUT2D eigenvalue weighted by Gasteiger charge is 2.32. The molecule has 1 aromatic heterocycles. The van der Waals surface area contributed by atoms with E-state index in [1.807, 2.05) is 0 Å². The number of nitro benzene ring substituents is 1. The van der Waals surface area contributed by atoms with Crippen LogP contribution in [0.5, 0.6) is 0 Å². The van der Waals surface area contributed by atoms with Crippen molar-refractivity contribution in [3.05, 3.63) is 64.0 Å². The van der Waals surface area contributed by atoms with Gasteiger partial charge in [-0.05, 0) is 24.6 Å². The molecule has 1 aliphatic heterocycles. The zero-order valence-corrected chi connectivity index (χ0v) is 14.4. The highest BCUT2D eigenvalue weighted by Crippen LogP contribution is 2.31. The maximum absolute atomic E-state index is 12.3. The van der Waals surface area contributed by atoms with Crippen molar-refractivity contribution in [2.75, 3.05) is 10.7 Å². The van der Waals surface area contributed by atoms with E-state index in [2.05, 4.69) is 15.5 Å². The van der Waals surface area contributed by atoms with Gasteiger partial charge >= 0.3 is 0 Å². The minimum absolute atomic E-state index is 0.129. The Bertz CT molecular complexity index is 916. The number of hydrogen-bond donors (Lipinski definition) is 1. The van der Waals surface area contributed by atoms with Crippen molar-refractivity contribution in [1.29, 1.82) is 0 Å². The molecule has 0 radical (unpaired) electrons. The predicted octanol–water partition coefficient (Wildman–Crippen LogP) is 2.08. The van der Waals surface area contributed by atoms with Crippen molar-refractivity contribution >= 4 is 40.1 Å². The summed E-state index contributed by atoms with van der Waals surface area (Å²) in [6.07, 6.45) is 2.94. The van der Waals surface area contributed by atoms with Crippen LogP contribution in [-0.2, 0) is 4.79 Å². The second-order valence-corrected chi connectivity index (χ2v) is 6.27. The molecule has 0 bridgehead atoms. The summed E-state index contributed by atoms with van der Waals surface area (Å²) >= 11 is 1.14. The normalized spacial score (nSPS) is 15.3. The number of rotatable bonds is 4. The first-order valence-electron chi connectivity index (χ1n) is 7.46. The van der Waals surface area contributed by atoms with Crippen molar-refractivity contribution < 1.29 is 14.5 Å². The number of nitrogens with one attached hydrogen (secondary N) is 1. The van der Waals surface area contributed by atoms with Crippen molar-refractivity contribution in [2.24, 2.45) is 5.10 Å². The van der Waals surface area contributed by atoms with Crippen LogP contribution in [0.15, 0.2) is 47.8 Å². The summed E-state index contributed by atoms with van der Waals surface area (Å²) in [5.41, 5.74) is 3.61. The van der Waals surface area contributed by atoms with Gasteiger partial charge in [0.1, 0.15) is 0 Å². The Morgan fingerprint density at radius 3 is 2.92 bits per heavy atom. The van der Waals surface area contributed by atoms with Gasteiger partial charge in [0.05, 0.1) is 21.9 Å². The number of amidine groups is 1. The summed E-state index contributed by atoms with van der Waals surface area (Å²) in [4.78, 5) is 40.0. The number of aromatic nitrogens is 1. The smallest absolute Gasteiger partial charge is 0.273 e. The molecule has 3 rings (SSSR count). The van der Waals surface area contributed by atoms with Gasteiger partial charge in [-0.15, -0.1) is 5.10 Å². The third kappa shape index (κ3) is 3.54. The summed E-state index contributed by atoms with van der Waals surface area (Å²) in [6, 6.07) is 7.45. The van der Waals surface area contributed by atoms with Crippen molar-refractivity contribution in [3.63, 3.8) is 0 Å². The topological polar surface area (TPSA) is 118 Å². The van der Waals surface area contributed by atoms with Gasteiger partial charge in [0.15, 0.2) is 5.17 Å². The van der Waals surface area contributed by atoms with Crippen LogP contribution in [0.1, 0.15) is 15.9 Å². The highest BCUT2D eigenvalue weighted by molar-refractivity contribution is 8.15. The lowest BCUT2D eigenvalue weighted by atomic mass is 10.1. The van der Waals surface area contributed by atoms with Crippen LogP contribution in [0.3, 0.4) is 0 Å². The number of nitrogens with zero attached hydrogens (tertiary/aromatic N) is 4. The molecular formula is C16H13N5O4S. The number of pyridine rings is 1. The zero-order valence-electron chi connectivity index (χ0n) is 13.6. The Kier molecular flexibility index (Phi) is 4.94. The number of hydrogen-bond acceptors (Lipinski definition) is 7. The molecule has 0 spiro atoms. The molecule has 26 heavy (non-hydrogen) atoms. The number of amides is 2. The van der Waals surface area contributed by atoms with Crippen LogP contribution in [0.25, 0.3) is 0 Å². The van der Waals surface area contributed by atoms with Gasteiger partial charge < -0.3 is 0 Å². The molecule has 1 aliphatic rings. The molecule has 9 nitrogen and oxygen atoms in total. The SMILES string of the molecule is Cc1ccc([N+](=O)[O-])cc1N1C(=O)CSC1=NNC(=O)c1cccnc1. The average Bonchev–Trinajstić information content (AvgIpc) is 3.01. The number of nitro groups is 1. The number of anilines is 1. The van der Waals surface area contributed by atoms with E-state index >= 15 is 0 Å². The summed E-state index contributed by atoms with van der Waals surface area (Å²) in [7, 11) is 0. The number of thioether (sulfide) groups is 1. The van der Waals surface area contributed by atoms with Crippen LogP contribution < -0.4 is 10.3 Å². The fourth-order valence-electron chi connectivity index (χ4n) is 2.29. The van der Waals surface area contributed by atoms with Gasteiger partial charge in [-0.3, -0.25) is 29.6 Å². The first-order valence-corrected chi connectivity index (χ1v) is 8.45. The van der Waals surface area contributed by atoms with Crippen molar-refractivity contribution in [1.82, 2.24) is 10.4 Å². The molecule has 1 fully saturated rings. The van der Waals surface area contributed by atoms with Crippen LogP contribution in [0.4, 0.5) is 11.4 Å². The predicted molar refractivity (Wildman–Crippen MR) is 96.9 cm³/mol. The highest BCUT2D eigenvalue weighted by atomic mass is 32.2. The monoisotopic (exact) mass is 371 g/mol. The van der Waals surface area contributed by atoms with Gasteiger partial charge in [-0.1, -0.05) is 17.8 Å². The van der Waals surface area contributed by atoms with E-state index in [9.17, 15) is 19.7 Å². The minimum atomic E-state index is -0.530. The largest absolute Gasteiger partial charge is 0.273 e. The standard InChI is InChI=1S/C16H13N5O4S/c1-10-4-5-12(21(24)25)7-13(10)20-14(22)9-26-16(20)19-18-15(23)11-3-2-6-17-8-11/h2-8H,9H2,1H3,(H,18,23). The van der Waals surface area contributed by atoms with Crippen LogP contribution in [0.2, 0.25) is 0 Å². The van der Waals surface area contributed by atoms with E-state index < -0.39 is 10.8 Å². The Morgan fingerprint density at radius 2 is 2.23 bits per heavy atom. The number of aryl methyl sites for hydroxylation is 1. The maximum atomic E-state index is 12.3. The number of benzene rings is 1. The van der Waals surface area contributed by atoms with Gasteiger partial charge in [0, 0.05) is 24.5 Å². The molecule has 1 saturated heterocycles. The Labute approximate surface area is 152 Å². The molecule has 132 valence electrons. The van der Waals surface area contributed by atoms with Gasteiger partial charge in [0.25, 0.3) is 11.6 Å². The molecule has 0 saturated carbocycles. The number of non-ortho nitro benzene ring substituents is 1. The minimum Gasteiger partial charge on any atom is -0.273 e. The molecule has 1 aromatic carbocycles. The first-order chi connectivity index (χ1) is 12.5. The lowest BCUT2D eigenvalue weighted by molar-refractivity contribution is -0.384.